The van der Waals surface area contributed by atoms with Crippen LogP contribution in [0.1, 0.15) is 36.0 Å². The minimum Gasteiger partial charge on any atom is -0.381 e. The third kappa shape index (κ3) is 5.47. The molecule has 1 aromatic carbocycles. The third-order valence-electron chi connectivity index (χ3n) is 4.25. The Kier molecular flexibility index (Phi) is 6.96. The number of nitrogens with two attached hydrogens (primary N) is 1. The molecule has 0 radical (unpaired) electrons. The van der Waals surface area contributed by atoms with Crippen LogP contribution in [0.25, 0.3) is 0 Å². The number of para-hydroxylation sites is 1. The normalized spacial score (nSPS) is 20.9. The molecule has 1 aromatic rings. The Bertz CT molecular complexity index is 593. The molecule has 6 heteroatoms. The smallest absolute Gasteiger partial charge is 0.250 e. The molecule has 6 nitrogen and oxygen atoms in total. The average molecular weight is 331 g/mol. The van der Waals surface area contributed by atoms with Gasteiger partial charge in [-0.15, -0.1) is 0 Å². The SMILES string of the molecule is COC1CCC(NC/C=C/C(=O)Nc2ccccc2C(N)=O)CC1. The number of methoxy groups -OCH3 is 1. The van der Waals surface area contributed by atoms with Crippen molar-refractivity contribution in [2.24, 2.45) is 5.73 Å². The minimum absolute atomic E-state index is 0.284. The van der Waals surface area contributed by atoms with Gasteiger partial charge in [0.05, 0.1) is 17.4 Å². The van der Waals surface area contributed by atoms with E-state index in [0.717, 1.165) is 25.7 Å². The van der Waals surface area contributed by atoms with Gasteiger partial charge in [0, 0.05) is 25.8 Å². The van der Waals surface area contributed by atoms with E-state index in [1.165, 1.54) is 6.08 Å². The van der Waals surface area contributed by atoms with Crippen molar-refractivity contribution >= 4 is 17.5 Å². The Morgan fingerprint density at radius 1 is 1.25 bits per heavy atom. The molecule has 0 heterocycles. The molecule has 0 unspecified atom stereocenters. The molecule has 0 aliphatic heterocycles. The first kappa shape index (κ1) is 18.2. The molecule has 1 aliphatic carbocycles. The molecule has 1 aliphatic rings. The second-order valence-corrected chi connectivity index (χ2v) is 5.92. The van der Waals surface area contributed by atoms with Crippen LogP contribution in [-0.4, -0.2) is 37.6 Å². The van der Waals surface area contributed by atoms with E-state index in [1.807, 2.05) is 0 Å². The Morgan fingerprint density at radius 2 is 1.96 bits per heavy atom. The molecular formula is C18H25N3O3. The first-order valence-electron chi connectivity index (χ1n) is 8.22. The van der Waals surface area contributed by atoms with Gasteiger partial charge in [-0.1, -0.05) is 18.2 Å². The van der Waals surface area contributed by atoms with Crippen molar-refractivity contribution in [1.82, 2.24) is 5.32 Å². The van der Waals surface area contributed by atoms with Gasteiger partial charge in [-0.3, -0.25) is 9.59 Å². The first-order chi connectivity index (χ1) is 11.6. The molecule has 1 fully saturated rings. The first-order valence-corrected chi connectivity index (χ1v) is 8.22. The van der Waals surface area contributed by atoms with Crippen molar-refractivity contribution in [2.45, 2.75) is 37.8 Å². The summed E-state index contributed by atoms with van der Waals surface area (Å²) >= 11 is 0. The summed E-state index contributed by atoms with van der Waals surface area (Å²) in [6.07, 6.45) is 7.95. The fourth-order valence-corrected chi connectivity index (χ4v) is 2.88. The number of nitrogens with one attached hydrogen (secondary N) is 2. The van der Waals surface area contributed by atoms with Crippen molar-refractivity contribution < 1.29 is 14.3 Å². The van der Waals surface area contributed by atoms with Crippen LogP contribution in [0.4, 0.5) is 5.69 Å². The zero-order valence-electron chi connectivity index (χ0n) is 14.0. The van der Waals surface area contributed by atoms with E-state index in [1.54, 1.807) is 37.5 Å². The number of primary amides is 1. The molecule has 0 atom stereocenters. The van der Waals surface area contributed by atoms with E-state index in [9.17, 15) is 9.59 Å². The summed E-state index contributed by atoms with van der Waals surface area (Å²) in [6.45, 7) is 0.632. The molecule has 0 aromatic heterocycles. The van der Waals surface area contributed by atoms with Crippen LogP contribution in [0.5, 0.6) is 0 Å². The largest absolute Gasteiger partial charge is 0.381 e. The lowest BCUT2D eigenvalue weighted by atomic mass is 9.93. The number of hydrogen-bond donors (Lipinski definition) is 3. The average Bonchev–Trinajstić information content (AvgIpc) is 2.59. The van der Waals surface area contributed by atoms with Gasteiger partial charge in [0.15, 0.2) is 0 Å². The van der Waals surface area contributed by atoms with E-state index in [-0.39, 0.29) is 5.91 Å². The van der Waals surface area contributed by atoms with Gasteiger partial charge >= 0.3 is 0 Å². The van der Waals surface area contributed by atoms with Crippen LogP contribution < -0.4 is 16.4 Å². The van der Waals surface area contributed by atoms with Gasteiger partial charge in [-0.05, 0) is 37.8 Å². The Morgan fingerprint density at radius 3 is 2.62 bits per heavy atom. The number of rotatable bonds is 7. The van der Waals surface area contributed by atoms with Gasteiger partial charge in [-0.2, -0.15) is 0 Å². The van der Waals surface area contributed by atoms with Crippen molar-refractivity contribution in [1.29, 1.82) is 0 Å². The van der Waals surface area contributed by atoms with E-state index in [0.29, 0.717) is 29.9 Å². The summed E-state index contributed by atoms with van der Waals surface area (Å²) in [6, 6.07) is 7.15. The summed E-state index contributed by atoms with van der Waals surface area (Å²) < 4.78 is 5.35. The quantitative estimate of drug-likeness (QED) is 0.665. The Labute approximate surface area is 142 Å². The standard InChI is InChI=1S/C18H25N3O3/c1-24-14-10-8-13(9-11-14)20-12-4-7-17(22)21-16-6-3-2-5-15(16)18(19)23/h2-7,13-14,20H,8-12H2,1H3,(H2,19,23)(H,21,22)/b7-4+. The van der Waals surface area contributed by atoms with Crippen molar-refractivity contribution in [3.63, 3.8) is 0 Å². The number of carbonyl (C=O) groups excluding carboxylic acids is 2. The van der Waals surface area contributed by atoms with E-state index in [2.05, 4.69) is 10.6 Å². The molecule has 4 N–H and O–H groups in total. The van der Waals surface area contributed by atoms with Gasteiger partial charge in [0.1, 0.15) is 0 Å². The highest BCUT2D eigenvalue weighted by molar-refractivity contribution is 6.05. The fourth-order valence-electron chi connectivity index (χ4n) is 2.88. The lowest BCUT2D eigenvalue weighted by molar-refractivity contribution is -0.111. The molecule has 130 valence electrons. The number of anilines is 1. The molecule has 24 heavy (non-hydrogen) atoms. The maximum atomic E-state index is 11.9. The van der Waals surface area contributed by atoms with Crippen LogP contribution in [0, 0.1) is 0 Å². The van der Waals surface area contributed by atoms with Gasteiger partial charge in [-0.25, -0.2) is 0 Å². The van der Waals surface area contributed by atoms with Crippen molar-refractivity contribution in [3.8, 4) is 0 Å². The predicted octanol–water partition coefficient (Wildman–Crippen LogP) is 1.83. The van der Waals surface area contributed by atoms with Gasteiger partial charge < -0.3 is 21.1 Å². The van der Waals surface area contributed by atoms with Crippen LogP contribution in [0.3, 0.4) is 0 Å². The van der Waals surface area contributed by atoms with Crippen molar-refractivity contribution in [2.75, 3.05) is 19.0 Å². The summed E-state index contributed by atoms with van der Waals surface area (Å²) in [5.74, 6) is -0.850. The molecule has 2 rings (SSSR count). The monoisotopic (exact) mass is 331 g/mol. The van der Waals surface area contributed by atoms with Gasteiger partial charge in [0.25, 0.3) is 5.91 Å². The van der Waals surface area contributed by atoms with Crippen LogP contribution in [0.2, 0.25) is 0 Å². The summed E-state index contributed by atoms with van der Waals surface area (Å²) in [5, 5.41) is 6.09. The van der Waals surface area contributed by atoms with E-state index >= 15 is 0 Å². The van der Waals surface area contributed by atoms with Gasteiger partial charge in [0.2, 0.25) is 5.91 Å². The highest BCUT2D eigenvalue weighted by Gasteiger charge is 2.19. The molecule has 0 bridgehead atoms. The highest BCUT2D eigenvalue weighted by atomic mass is 16.5. The second kappa shape index (κ2) is 9.20. The molecule has 1 saturated carbocycles. The van der Waals surface area contributed by atoms with Crippen LogP contribution >= 0.6 is 0 Å². The highest BCUT2D eigenvalue weighted by Crippen LogP contribution is 2.20. The summed E-state index contributed by atoms with van der Waals surface area (Å²) in [7, 11) is 1.76. The molecule has 0 saturated heterocycles. The van der Waals surface area contributed by atoms with Crippen molar-refractivity contribution in [3.05, 3.63) is 42.0 Å². The zero-order valence-corrected chi connectivity index (χ0v) is 14.0. The Hall–Kier alpha value is -2.18. The fraction of sp³-hybridized carbons (Fsp3) is 0.444. The predicted molar refractivity (Wildman–Crippen MR) is 93.8 cm³/mol. The molecule has 2 amide bonds. The van der Waals surface area contributed by atoms with Crippen LogP contribution in [0.15, 0.2) is 36.4 Å². The van der Waals surface area contributed by atoms with E-state index < -0.39 is 5.91 Å². The van der Waals surface area contributed by atoms with Crippen LogP contribution in [-0.2, 0) is 9.53 Å². The Balaban J connectivity index is 1.75. The number of amides is 2. The molecule has 0 spiro atoms. The number of ether oxygens (including phenoxy) is 1. The number of hydrogen-bond acceptors (Lipinski definition) is 4. The van der Waals surface area contributed by atoms with E-state index in [4.69, 9.17) is 10.5 Å². The second-order valence-electron chi connectivity index (χ2n) is 5.92. The maximum absolute atomic E-state index is 11.9. The summed E-state index contributed by atoms with van der Waals surface area (Å²) in [5.41, 5.74) is 6.01. The lowest BCUT2D eigenvalue weighted by Gasteiger charge is -2.27. The minimum atomic E-state index is -0.566. The maximum Gasteiger partial charge on any atom is 0.250 e. The lowest BCUT2D eigenvalue weighted by Crippen LogP contribution is -2.35. The number of benzene rings is 1. The topological polar surface area (TPSA) is 93.4 Å². The summed E-state index contributed by atoms with van der Waals surface area (Å²) in [4.78, 5) is 23.2. The zero-order chi connectivity index (χ0) is 17.4. The number of carbonyl (C=O) groups is 2. The molecular weight excluding hydrogens is 306 g/mol. The third-order valence-corrected chi connectivity index (χ3v) is 4.25.